The first-order valence-electron chi connectivity index (χ1n) is 7.09. The summed E-state index contributed by atoms with van der Waals surface area (Å²) in [7, 11) is 0. The molecule has 1 aromatic heterocycles. The second kappa shape index (κ2) is 6.99. The van der Waals surface area contributed by atoms with E-state index in [0.29, 0.717) is 10.6 Å². The number of halogens is 1. The summed E-state index contributed by atoms with van der Waals surface area (Å²) in [6.45, 7) is 0. The normalized spacial score (nSPS) is 11.2. The molecule has 0 spiro atoms. The van der Waals surface area contributed by atoms with Crippen molar-refractivity contribution in [2.45, 2.75) is 5.03 Å². The molecule has 0 radical (unpaired) electrons. The van der Waals surface area contributed by atoms with Crippen molar-refractivity contribution in [1.29, 1.82) is 0 Å². The van der Waals surface area contributed by atoms with Crippen molar-refractivity contribution in [1.82, 2.24) is 4.98 Å². The SMILES string of the molecule is CSc1nc2ccccc2cc1/C=C/C(=O)c1ccc(Cl)cc1. The van der Waals surface area contributed by atoms with E-state index in [1.165, 1.54) is 0 Å². The van der Waals surface area contributed by atoms with E-state index in [2.05, 4.69) is 11.1 Å². The Morgan fingerprint density at radius 2 is 1.87 bits per heavy atom. The monoisotopic (exact) mass is 339 g/mol. The molecule has 0 aliphatic carbocycles. The number of nitrogens with zero attached hydrogens (tertiary/aromatic N) is 1. The highest BCUT2D eigenvalue weighted by atomic mass is 35.5. The van der Waals surface area contributed by atoms with E-state index in [4.69, 9.17) is 11.6 Å². The molecule has 3 rings (SSSR count). The van der Waals surface area contributed by atoms with E-state index >= 15 is 0 Å². The fourth-order valence-electron chi connectivity index (χ4n) is 2.27. The van der Waals surface area contributed by atoms with E-state index in [1.54, 1.807) is 42.1 Å². The molecule has 0 bridgehead atoms. The molecule has 114 valence electrons. The number of carbonyl (C=O) groups is 1. The molecule has 0 aliphatic rings. The van der Waals surface area contributed by atoms with E-state index in [0.717, 1.165) is 21.5 Å². The zero-order valence-corrected chi connectivity index (χ0v) is 14.1. The number of carbonyl (C=O) groups excluding carboxylic acids is 1. The highest BCUT2D eigenvalue weighted by Crippen LogP contribution is 2.24. The summed E-state index contributed by atoms with van der Waals surface area (Å²) in [5.74, 6) is -0.0538. The lowest BCUT2D eigenvalue weighted by atomic mass is 10.1. The lowest BCUT2D eigenvalue weighted by Gasteiger charge is -2.05. The third-order valence-electron chi connectivity index (χ3n) is 3.45. The number of aromatic nitrogens is 1. The summed E-state index contributed by atoms with van der Waals surface area (Å²) >= 11 is 7.41. The highest BCUT2D eigenvalue weighted by molar-refractivity contribution is 7.98. The van der Waals surface area contributed by atoms with Gasteiger partial charge in [0.05, 0.1) is 5.52 Å². The molecule has 0 atom stereocenters. The van der Waals surface area contributed by atoms with Gasteiger partial charge in [0.15, 0.2) is 5.78 Å². The third-order valence-corrected chi connectivity index (χ3v) is 4.42. The number of allylic oxidation sites excluding steroid dienone is 1. The van der Waals surface area contributed by atoms with Crippen LogP contribution >= 0.6 is 23.4 Å². The van der Waals surface area contributed by atoms with Gasteiger partial charge < -0.3 is 0 Å². The molecule has 0 saturated heterocycles. The van der Waals surface area contributed by atoms with E-state index in [-0.39, 0.29) is 5.78 Å². The minimum Gasteiger partial charge on any atom is -0.289 e. The Labute approximate surface area is 144 Å². The standard InChI is InChI=1S/C19H14ClNOS/c1-23-19-15(12-14-4-2-3-5-17(14)21-19)8-11-18(22)13-6-9-16(20)10-7-13/h2-12H,1H3/b11-8+. The number of hydrogen-bond donors (Lipinski definition) is 0. The first-order chi connectivity index (χ1) is 11.2. The molecule has 0 aliphatic heterocycles. The van der Waals surface area contributed by atoms with Crippen molar-refractivity contribution >= 4 is 46.1 Å². The van der Waals surface area contributed by atoms with Crippen LogP contribution in [0.4, 0.5) is 0 Å². The van der Waals surface area contributed by atoms with Gasteiger partial charge in [-0.25, -0.2) is 4.98 Å². The number of para-hydroxylation sites is 1. The Morgan fingerprint density at radius 3 is 2.61 bits per heavy atom. The average Bonchev–Trinajstić information content (AvgIpc) is 2.59. The first kappa shape index (κ1) is 15.8. The molecule has 0 unspecified atom stereocenters. The minimum absolute atomic E-state index is 0.0538. The Morgan fingerprint density at radius 1 is 1.13 bits per heavy atom. The smallest absolute Gasteiger partial charge is 0.185 e. The van der Waals surface area contributed by atoms with Gasteiger partial charge in [0.25, 0.3) is 0 Å². The summed E-state index contributed by atoms with van der Waals surface area (Å²) in [6.07, 6.45) is 5.38. The van der Waals surface area contributed by atoms with Crippen molar-refractivity contribution in [3.05, 3.63) is 76.8 Å². The van der Waals surface area contributed by atoms with Gasteiger partial charge in [-0.1, -0.05) is 29.8 Å². The Hall–Kier alpha value is -2.10. The largest absolute Gasteiger partial charge is 0.289 e. The second-order valence-corrected chi connectivity index (χ2v) is 6.22. The Balaban J connectivity index is 1.93. The van der Waals surface area contributed by atoms with Crippen molar-refractivity contribution < 1.29 is 4.79 Å². The van der Waals surface area contributed by atoms with Gasteiger partial charge in [0.2, 0.25) is 0 Å². The van der Waals surface area contributed by atoms with Crippen LogP contribution in [0, 0.1) is 0 Å². The van der Waals surface area contributed by atoms with Crippen LogP contribution in [0.15, 0.2) is 65.7 Å². The summed E-state index contributed by atoms with van der Waals surface area (Å²) < 4.78 is 0. The zero-order valence-electron chi connectivity index (χ0n) is 12.5. The van der Waals surface area contributed by atoms with Crippen LogP contribution in [0.25, 0.3) is 17.0 Å². The molecule has 0 N–H and O–H groups in total. The third kappa shape index (κ3) is 3.63. The van der Waals surface area contributed by atoms with Gasteiger partial charge in [-0.15, -0.1) is 11.8 Å². The van der Waals surface area contributed by atoms with Crippen molar-refractivity contribution in [2.75, 3.05) is 6.26 Å². The number of fused-ring (bicyclic) bond motifs is 1. The van der Waals surface area contributed by atoms with Crippen LogP contribution in [0.2, 0.25) is 5.02 Å². The van der Waals surface area contributed by atoms with Crippen LogP contribution in [-0.2, 0) is 0 Å². The van der Waals surface area contributed by atoms with Gasteiger partial charge in [-0.05, 0) is 54.8 Å². The fourth-order valence-corrected chi connectivity index (χ4v) is 2.95. The summed E-state index contributed by atoms with van der Waals surface area (Å²) in [6, 6.07) is 16.9. The molecule has 0 saturated carbocycles. The highest BCUT2D eigenvalue weighted by Gasteiger charge is 2.05. The van der Waals surface area contributed by atoms with Crippen LogP contribution < -0.4 is 0 Å². The summed E-state index contributed by atoms with van der Waals surface area (Å²) in [5.41, 5.74) is 2.52. The van der Waals surface area contributed by atoms with Crippen LogP contribution in [0.1, 0.15) is 15.9 Å². The van der Waals surface area contributed by atoms with Gasteiger partial charge in [-0.3, -0.25) is 4.79 Å². The van der Waals surface area contributed by atoms with Crippen LogP contribution in [0.5, 0.6) is 0 Å². The van der Waals surface area contributed by atoms with E-state index in [9.17, 15) is 4.79 Å². The molecule has 3 aromatic rings. The van der Waals surface area contributed by atoms with Crippen LogP contribution in [-0.4, -0.2) is 17.0 Å². The Kier molecular flexibility index (Phi) is 4.79. The second-order valence-electron chi connectivity index (χ2n) is 4.98. The Bertz CT molecular complexity index is 888. The van der Waals surface area contributed by atoms with E-state index in [1.807, 2.05) is 36.6 Å². The molecular weight excluding hydrogens is 326 g/mol. The fraction of sp³-hybridized carbons (Fsp3) is 0.0526. The van der Waals surface area contributed by atoms with E-state index < -0.39 is 0 Å². The van der Waals surface area contributed by atoms with Gasteiger partial charge in [0, 0.05) is 21.5 Å². The molecule has 23 heavy (non-hydrogen) atoms. The molecular formula is C19H14ClNOS. The molecule has 0 fully saturated rings. The predicted molar refractivity (Wildman–Crippen MR) is 98.3 cm³/mol. The summed E-state index contributed by atoms with van der Waals surface area (Å²) in [4.78, 5) is 16.9. The topological polar surface area (TPSA) is 30.0 Å². The number of benzene rings is 2. The minimum atomic E-state index is -0.0538. The quantitative estimate of drug-likeness (QED) is 0.357. The number of pyridine rings is 1. The van der Waals surface area contributed by atoms with Crippen molar-refractivity contribution in [3.63, 3.8) is 0 Å². The maximum atomic E-state index is 12.2. The van der Waals surface area contributed by atoms with Gasteiger partial charge >= 0.3 is 0 Å². The van der Waals surface area contributed by atoms with Crippen molar-refractivity contribution in [3.8, 4) is 0 Å². The maximum absolute atomic E-state index is 12.2. The molecule has 2 aromatic carbocycles. The molecule has 2 nitrogen and oxygen atoms in total. The lowest BCUT2D eigenvalue weighted by molar-refractivity contribution is 0.104. The summed E-state index contributed by atoms with van der Waals surface area (Å²) in [5, 5.41) is 2.58. The number of rotatable bonds is 4. The predicted octanol–water partition coefficient (Wildman–Crippen LogP) is 5.51. The maximum Gasteiger partial charge on any atom is 0.185 e. The molecule has 0 amide bonds. The number of ketones is 1. The van der Waals surface area contributed by atoms with Gasteiger partial charge in [0.1, 0.15) is 5.03 Å². The van der Waals surface area contributed by atoms with Gasteiger partial charge in [-0.2, -0.15) is 0 Å². The van der Waals surface area contributed by atoms with Crippen LogP contribution in [0.3, 0.4) is 0 Å². The zero-order chi connectivity index (χ0) is 16.2. The van der Waals surface area contributed by atoms with Crippen molar-refractivity contribution in [2.24, 2.45) is 0 Å². The molecule has 1 heterocycles. The lowest BCUT2D eigenvalue weighted by Crippen LogP contribution is -1.94. The average molecular weight is 340 g/mol. The number of thioether (sulfide) groups is 1. The number of hydrogen-bond acceptors (Lipinski definition) is 3. The molecule has 4 heteroatoms. The first-order valence-corrected chi connectivity index (χ1v) is 8.69.